The lowest BCUT2D eigenvalue weighted by Gasteiger charge is -2.07. The molecular formula is C19H20N4O3. The zero-order valence-electron chi connectivity index (χ0n) is 15.1. The number of ether oxygens (including phenoxy) is 2. The summed E-state index contributed by atoms with van der Waals surface area (Å²) in [7, 11) is 3.17. The van der Waals surface area contributed by atoms with Crippen molar-refractivity contribution in [3.63, 3.8) is 0 Å². The van der Waals surface area contributed by atoms with Gasteiger partial charge in [-0.05, 0) is 49.8 Å². The number of anilines is 1. The highest BCUT2D eigenvalue weighted by Gasteiger charge is 2.07. The van der Waals surface area contributed by atoms with Gasteiger partial charge in [-0.3, -0.25) is 4.79 Å². The second-order valence-corrected chi connectivity index (χ2v) is 5.77. The monoisotopic (exact) mass is 352 g/mol. The van der Waals surface area contributed by atoms with Crippen molar-refractivity contribution in [1.82, 2.24) is 14.6 Å². The number of aryl methyl sites for hydroxylation is 2. The maximum atomic E-state index is 12.3. The number of nitrogens with one attached hydrogen (secondary N) is 1. The van der Waals surface area contributed by atoms with Crippen LogP contribution in [0.15, 0.2) is 36.5 Å². The van der Waals surface area contributed by atoms with Gasteiger partial charge in [0.05, 0.1) is 26.1 Å². The van der Waals surface area contributed by atoms with Crippen LogP contribution < -0.4 is 14.8 Å². The molecule has 1 amide bonds. The van der Waals surface area contributed by atoms with Crippen LogP contribution in [0.5, 0.6) is 11.5 Å². The number of fused-ring (bicyclic) bond motifs is 1. The highest BCUT2D eigenvalue weighted by molar-refractivity contribution is 6.02. The van der Waals surface area contributed by atoms with Crippen LogP contribution in [0.2, 0.25) is 0 Å². The summed E-state index contributed by atoms with van der Waals surface area (Å²) in [5, 5.41) is 7.12. The summed E-state index contributed by atoms with van der Waals surface area (Å²) in [4.78, 5) is 16.6. The van der Waals surface area contributed by atoms with Gasteiger partial charge in [0.1, 0.15) is 17.3 Å². The molecule has 1 N–H and O–H groups in total. The van der Waals surface area contributed by atoms with Gasteiger partial charge in [0.15, 0.2) is 5.65 Å². The number of aromatic nitrogens is 3. The average molecular weight is 352 g/mol. The quantitative estimate of drug-likeness (QED) is 0.714. The molecule has 2 heterocycles. The summed E-state index contributed by atoms with van der Waals surface area (Å²) < 4.78 is 12.2. The van der Waals surface area contributed by atoms with E-state index in [1.54, 1.807) is 49.2 Å². The topological polar surface area (TPSA) is 77.8 Å². The van der Waals surface area contributed by atoms with Gasteiger partial charge < -0.3 is 14.8 Å². The first-order valence-electron chi connectivity index (χ1n) is 8.05. The number of amides is 1. The van der Waals surface area contributed by atoms with Crippen LogP contribution in [-0.2, 0) is 4.79 Å². The zero-order valence-corrected chi connectivity index (χ0v) is 15.1. The number of carbonyl (C=O) groups is 1. The fourth-order valence-electron chi connectivity index (χ4n) is 2.64. The summed E-state index contributed by atoms with van der Waals surface area (Å²) in [5.74, 6) is 1.77. The fourth-order valence-corrected chi connectivity index (χ4v) is 2.64. The molecule has 0 spiro atoms. The van der Waals surface area contributed by atoms with Crippen LogP contribution >= 0.6 is 0 Å². The smallest absolute Gasteiger partial charge is 0.248 e. The largest absolute Gasteiger partial charge is 0.497 e. The van der Waals surface area contributed by atoms with Crippen LogP contribution in [0, 0.1) is 13.8 Å². The number of hydrogen-bond donors (Lipinski definition) is 1. The molecule has 0 aliphatic heterocycles. The second-order valence-electron chi connectivity index (χ2n) is 5.77. The van der Waals surface area contributed by atoms with Crippen molar-refractivity contribution >= 4 is 23.3 Å². The van der Waals surface area contributed by atoms with E-state index in [1.807, 2.05) is 19.9 Å². The van der Waals surface area contributed by atoms with E-state index in [0.717, 1.165) is 16.8 Å². The summed E-state index contributed by atoms with van der Waals surface area (Å²) in [6.07, 6.45) is 4.87. The normalized spacial score (nSPS) is 11.1. The lowest BCUT2D eigenvalue weighted by atomic mass is 10.1. The van der Waals surface area contributed by atoms with E-state index in [9.17, 15) is 4.79 Å². The molecular weight excluding hydrogens is 332 g/mol. The third kappa shape index (κ3) is 3.66. The Hall–Kier alpha value is -3.35. The molecule has 0 bridgehead atoms. The molecule has 7 nitrogen and oxygen atoms in total. The Kier molecular flexibility index (Phi) is 4.88. The van der Waals surface area contributed by atoms with Crippen molar-refractivity contribution in [2.24, 2.45) is 0 Å². The van der Waals surface area contributed by atoms with Gasteiger partial charge in [-0.1, -0.05) is 0 Å². The number of carbonyl (C=O) groups excluding carboxylic acids is 1. The number of pyridine rings is 1. The molecule has 0 aliphatic rings. The van der Waals surface area contributed by atoms with Gasteiger partial charge in [0.25, 0.3) is 0 Å². The molecule has 3 aromatic rings. The third-order valence-electron chi connectivity index (χ3n) is 3.84. The predicted octanol–water partition coefficient (Wildman–Crippen LogP) is 3.02. The van der Waals surface area contributed by atoms with E-state index in [0.29, 0.717) is 23.0 Å². The maximum Gasteiger partial charge on any atom is 0.248 e. The van der Waals surface area contributed by atoms with Gasteiger partial charge in [0.2, 0.25) is 5.91 Å². The summed E-state index contributed by atoms with van der Waals surface area (Å²) >= 11 is 0. The number of rotatable bonds is 5. The third-order valence-corrected chi connectivity index (χ3v) is 3.84. The van der Waals surface area contributed by atoms with Crippen molar-refractivity contribution in [1.29, 1.82) is 0 Å². The Balaban J connectivity index is 1.80. The van der Waals surface area contributed by atoms with E-state index in [2.05, 4.69) is 15.4 Å². The molecule has 0 fully saturated rings. The molecule has 3 rings (SSSR count). The highest BCUT2D eigenvalue weighted by Crippen LogP contribution is 2.25. The maximum absolute atomic E-state index is 12.3. The van der Waals surface area contributed by atoms with Crippen LogP contribution in [0.4, 0.5) is 5.69 Å². The molecule has 26 heavy (non-hydrogen) atoms. The van der Waals surface area contributed by atoms with E-state index < -0.39 is 0 Å². The first-order chi connectivity index (χ1) is 12.5. The van der Waals surface area contributed by atoms with E-state index in [1.165, 1.54) is 6.08 Å². The number of hydrogen-bond acceptors (Lipinski definition) is 5. The molecule has 0 atom stereocenters. The average Bonchev–Trinajstić information content (AvgIpc) is 3.00. The molecule has 0 radical (unpaired) electrons. The Morgan fingerprint density at radius 3 is 2.73 bits per heavy atom. The van der Waals surface area contributed by atoms with Crippen LogP contribution in [0.25, 0.3) is 11.7 Å². The number of methoxy groups -OCH3 is 2. The molecule has 0 saturated heterocycles. The van der Waals surface area contributed by atoms with E-state index in [4.69, 9.17) is 9.47 Å². The van der Waals surface area contributed by atoms with E-state index >= 15 is 0 Å². The minimum atomic E-state index is -0.259. The summed E-state index contributed by atoms with van der Waals surface area (Å²) in [6, 6.07) is 7.26. The minimum absolute atomic E-state index is 0.259. The van der Waals surface area contributed by atoms with Gasteiger partial charge in [-0.25, -0.2) is 9.50 Å². The summed E-state index contributed by atoms with van der Waals surface area (Å²) in [5.41, 5.74) is 3.10. The van der Waals surface area contributed by atoms with Crippen LogP contribution in [0.3, 0.4) is 0 Å². The first-order valence-corrected chi connectivity index (χ1v) is 8.05. The molecule has 2 aromatic heterocycles. The van der Waals surface area contributed by atoms with Crippen molar-refractivity contribution in [2.45, 2.75) is 13.8 Å². The van der Waals surface area contributed by atoms with Gasteiger partial charge in [0, 0.05) is 11.6 Å². The Morgan fingerprint density at radius 1 is 1.19 bits per heavy atom. The van der Waals surface area contributed by atoms with Crippen molar-refractivity contribution < 1.29 is 14.3 Å². The Morgan fingerprint density at radius 2 is 2.00 bits per heavy atom. The number of benzene rings is 1. The Bertz CT molecular complexity index is 992. The van der Waals surface area contributed by atoms with Crippen LogP contribution in [0.1, 0.15) is 17.0 Å². The van der Waals surface area contributed by atoms with Crippen LogP contribution in [-0.4, -0.2) is 34.7 Å². The van der Waals surface area contributed by atoms with Crippen molar-refractivity contribution in [3.8, 4) is 11.5 Å². The SMILES string of the molecule is COc1ccc(OC)c(/C=C/C(=O)Nc2cc(C)c3nc(C)nn3c2)c1. The van der Waals surface area contributed by atoms with Gasteiger partial charge >= 0.3 is 0 Å². The molecule has 0 aliphatic carbocycles. The first kappa shape index (κ1) is 17.5. The molecule has 0 saturated carbocycles. The van der Waals surface area contributed by atoms with Gasteiger partial charge in [-0.15, -0.1) is 0 Å². The lowest BCUT2D eigenvalue weighted by molar-refractivity contribution is -0.111. The molecule has 7 heteroatoms. The van der Waals surface area contributed by atoms with Crippen molar-refractivity contribution in [3.05, 3.63) is 53.5 Å². The zero-order chi connectivity index (χ0) is 18.7. The molecule has 0 unspecified atom stereocenters. The predicted molar refractivity (Wildman–Crippen MR) is 99.7 cm³/mol. The summed E-state index contributed by atoms with van der Waals surface area (Å²) in [6.45, 7) is 3.75. The lowest BCUT2D eigenvalue weighted by Crippen LogP contribution is -2.09. The van der Waals surface area contributed by atoms with E-state index in [-0.39, 0.29) is 5.91 Å². The highest BCUT2D eigenvalue weighted by atomic mass is 16.5. The standard InChI is InChI=1S/C19H20N4O3/c1-12-9-15(11-23-19(12)20-13(2)22-23)21-18(24)8-5-14-10-16(25-3)6-7-17(14)26-4/h5-11H,1-4H3,(H,21,24)/b8-5+. The fraction of sp³-hybridized carbons (Fsp3) is 0.211. The minimum Gasteiger partial charge on any atom is -0.497 e. The number of nitrogens with zero attached hydrogens (tertiary/aromatic N) is 3. The second kappa shape index (κ2) is 7.26. The molecule has 134 valence electrons. The Labute approximate surface area is 151 Å². The molecule has 1 aromatic carbocycles. The van der Waals surface area contributed by atoms with Gasteiger partial charge in [-0.2, -0.15) is 5.10 Å². The van der Waals surface area contributed by atoms with Crippen molar-refractivity contribution in [2.75, 3.05) is 19.5 Å².